The number of aromatic amines is 1. The van der Waals surface area contributed by atoms with Crippen molar-refractivity contribution in [2.75, 3.05) is 11.1 Å². The summed E-state index contributed by atoms with van der Waals surface area (Å²) < 4.78 is 5.72. The van der Waals surface area contributed by atoms with E-state index < -0.39 is 5.76 Å². The van der Waals surface area contributed by atoms with Crippen LogP contribution in [0.1, 0.15) is 0 Å². The van der Waals surface area contributed by atoms with E-state index in [1.54, 1.807) is 18.2 Å². The molecule has 1 aromatic heterocycles. The summed E-state index contributed by atoms with van der Waals surface area (Å²) in [5.74, 6) is -0.509. The number of nitrogen functional groups attached to an aromatic ring is 1. The van der Waals surface area contributed by atoms with Crippen molar-refractivity contribution in [2.45, 2.75) is 0 Å². The Morgan fingerprint density at radius 3 is 2.85 bits per heavy atom. The number of anilines is 3. The van der Waals surface area contributed by atoms with E-state index >= 15 is 0 Å². The molecule has 0 amide bonds. The van der Waals surface area contributed by atoms with Gasteiger partial charge < -0.3 is 15.5 Å². The predicted octanol–water partition coefficient (Wildman–Crippen LogP) is 3.86. The molecule has 20 heavy (non-hydrogen) atoms. The Labute approximate surface area is 126 Å². The summed E-state index contributed by atoms with van der Waals surface area (Å²) >= 11 is 9.30. The van der Waals surface area contributed by atoms with Crippen molar-refractivity contribution < 1.29 is 4.42 Å². The van der Waals surface area contributed by atoms with Crippen molar-refractivity contribution in [3.05, 3.63) is 50.4 Å². The van der Waals surface area contributed by atoms with E-state index in [0.29, 0.717) is 27.5 Å². The Morgan fingerprint density at radius 1 is 1.30 bits per heavy atom. The maximum Gasteiger partial charge on any atom is 0.417 e. The number of hydrogen-bond donors (Lipinski definition) is 3. The van der Waals surface area contributed by atoms with Gasteiger partial charge in [0.15, 0.2) is 5.58 Å². The van der Waals surface area contributed by atoms with E-state index in [9.17, 15) is 4.79 Å². The monoisotopic (exact) mass is 353 g/mol. The highest BCUT2D eigenvalue weighted by molar-refractivity contribution is 9.10. The highest BCUT2D eigenvalue weighted by atomic mass is 79.9. The van der Waals surface area contributed by atoms with Gasteiger partial charge in [0.05, 0.1) is 21.9 Å². The van der Waals surface area contributed by atoms with E-state index in [2.05, 4.69) is 26.2 Å². The third-order valence-electron chi connectivity index (χ3n) is 2.79. The maximum atomic E-state index is 11.1. The molecule has 0 atom stereocenters. The number of nitrogens with one attached hydrogen (secondary N) is 2. The molecule has 0 aliphatic rings. The standard InChI is InChI=1S/C13H9BrClN3O2/c14-7-3-6(1-2-8(7)15)17-10-5-11-12(4-9(10)16)20-13(19)18-11/h1-5,17H,16H2,(H,18,19). The second-order valence-corrected chi connectivity index (χ2v) is 5.47. The molecule has 0 radical (unpaired) electrons. The lowest BCUT2D eigenvalue weighted by Gasteiger charge is -2.10. The van der Waals surface area contributed by atoms with Crippen LogP contribution in [-0.4, -0.2) is 4.98 Å². The van der Waals surface area contributed by atoms with Gasteiger partial charge in [-0.1, -0.05) is 11.6 Å². The van der Waals surface area contributed by atoms with Crippen molar-refractivity contribution in [2.24, 2.45) is 0 Å². The molecule has 1 heterocycles. The predicted molar refractivity (Wildman–Crippen MR) is 83.7 cm³/mol. The number of halogens is 2. The van der Waals surface area contributed by atoms with Crippen LogP contribution >= 0.6 is 27.5 Å². The summed E-state index contributed by atoms with van der Waals surface area (Å²) in [7, 11) is 0. The van der Waals surface area contributed by atoms with Gasteiger partial charge in [-0.3, -0.25) is 4.98 Å². The minimum Gasteiger partial charge on any atom is -0.408 e. The molecule has 0 bridgehead atoms. The number of nitrogens with two attached hydrogens (primary N) is 1. The molecule has 102 valence electrons. The third-order valence-corrected chi connectivity index (χ3v) is 4.00. The number of H-pyrrole nitrogens is 1. The molecule has 0 saturated carbocycles. The number of hydrogen-bond acceptors (Lipinski definition) is 4. The van der Waals surface area contributed by atoms with Gasteiger partial charge in [-0.05, 0) is 40.2 Å². The normalized spacial score (nSPS) is 10.9. The quantitative estimate of drug-likeness (QED) is 0.610. The van der Waals surface area contributed by atoms with Crippen molar-refractivity contribution in [1.82, 2.24) is 4.98 Å². The average Bonchev–Trinajstić information content (AvgIpc) is 2.73. The molecule has 0 aliphatic carbocycles. The number of rotatable bonds is 2. The zero-order chi connectivity index (χ0) is 14.3. The lowest BCUT2D eigenvalue weighted by molar-refractivity contribution is 0.555. The summed E-state index contributed by atoms with van der Waals surface area (Å²) in [6, 6.07) is 8.75. The minimum absolute atomic E-state index is 0.426. The van der Waals surface area contributed by atoms with Gasteiger partial charge in [0.2, 0.25) is 0 Å². The van der Waals surface area contributed by atoms with Crippen molar-refractivity contribution in [3.63, 3.8) is 0 Å². The average molecular weight is 355 g/mol. The highest BCUT2D eigenvalue weighted by Crippen LogP contribution is 2.30. The molecule has 2 aromatic carbocycles. The number of oxazole rings is 1. The smallest absolute Gasteiger partial charge is 0.408 e. The lowest BCUT2D eigenvalue weighted by Crippen LogP contribution is -1.96. The molecule has 0 fully saturated rings. The molecule has 0 aliphatic heterocycles. The van der Waals surface area contributed by atoms with Crippen molar-refractivity contribution in [1.29, 1.82) is 0 Å². The first-order valence-corrected chi connectivity index (χ1v) is 6.84. The maximum absolute atomic E-state index is 11.1. The van der Waals surface area contributed by atoms with Crippen LogP contribution in [0, 0.1) is 0 Å². The fourth-order valence-corrected chi connectivity index (χ4v) is 2.35. The fraction of sp³-hybridized carbons (Fsp3) is 0. The van der Waals surface area contributed by atoms with Gasteiger partial charge in [-0.2, -0.15) is 0 Å². The van der Waals surface area contributed by atoms with Crippen LogP contribution in [0.15, 0.2) is 44.0 Å². The minimum atomic E-state index is -0.509. The zero-order valence-corrected chi connectivity index (χ0v) is 12.4. The zero-order valence-electron chi connectivity index (χ0n) is 10.0. The second kappa shape index (κ2) is 4.88. The van der Waals surface area contributed by atoms with Crippen molar-refractivity contribution in [3.8, 4) is 0 Å². The highest BCUT2D eigenvalue weighted by Gasteiger charge is 2.07. The molecular formula is C13H9BrClN3O2. The molecule has 3 aromatic rings. The SMILES string of the molecule is Nc1cc2oc(=O)[nH]c2cc1Nc1ccc(Cl)c(Br)c1. The lowest BCUT2D eigenvalue weighted by atomic mass is 10.2. The van der Waals surface area contributed by atoms with E-state index in [1.165, 1.54) is 0 Å². The van der Waals surface area contributed by atoms with E-state index in [0.717, 1.165) is 10.2 Å². The largest absolute Gasteiger partial charge is 0.417 e. The molecule has 0 saturated heterocycles. The summed E-state index contributed by atoms with van der Waals surface area (Å²) in [6.07, 6.45) is 0. The Kier molecular flexibility index (Phi) is 3.19. The van der Waals surface area contributed by atoms with Gasteiger partial charge in [-0.15, -0.1) is 0 Å². The van der Waals surface area contributed by atoms with Crippen LogP contribution < -0.4 is 16.8 Å². The second-order valence-electron chi connectivity index (χ2n) is 4.20. The molecule has 5 nitrogen and oxygen atoms in total. The molecular weight excluding hydrogens is 346 g/mol. The Hall–Kier alpha value is -1.92. The Bertz CT molecular complexity index is 856. The van der Waals surface area contributed by atoms with Crippen LogP contribution in [0.3, 0.4) is 0 Å². The van der Waals surface area contributed by atoms with Crippen LogP contribution in [0.5, 0.6) is 0 Å². The number of fused-ring (bicyclic) bond motifs is 1. The van der Waals surface area contributed by atoms with Crippen LogP contribution in [0.4, 0.5) is 17.1 Å². The van der Waals surface area contributed by atoms with Crippen LogP contribution in [0.25, 0.3) is 11.1 Å². The first kappa shape index (κ1) is 13.1. The third kappa shape index (κ3) is 2.39. The summed E-state index contributed by atoms with van der Waals surface area (Å²) in [6.45, 7) is 0. The van der Waals surface area contributed by atoms with E-state index in [-0.39, 0.29) is 0 Å². The van der Waals surface area contributed by atoms with Gasteiger partial charge in [-0.25, -0.2) is 4.79 Å². The van der Waals surface area contributed by atoms with Gasteiger partial charge in [0.1, 0.15) is 0 Å². The molecule has 7 heteroatoms. The molecule has 3 rings (SSSR count). The summed E-state index contributed by atoms with van der Waals surface area (Å²) in [5.41, 5.74) is 8.91. The Balaban J connectivity index is 2.02. The first-order chi connectivity index (χ1) is 9.52. The van der Waals surface area contributed by atoms with Crippen LogP contribution in [0.2, 0.25) is 5.02 Å². The number of aromatic nitrogens is 1. The van der Waals surface area contributed by atoms with Gasteiger partial charge in [0.25, 0.3) is 0 Å². The van der Waals surface area contributed by atoms with Crippen molar-refractivity contribution >= 4 is 55.7 Å². The van der Waals surface area contributed by atoms with E-state index in [4.69, 9.17) is 21.8 Å². The Morgan fingerprint density at radius 2 is 2.10 bits per heavy atom. The molecule has 0 unspecified atom stereocenters. The van der Waals surface area contributed by atoms with Gasteiger partial charge >= 0.3 is 5.76 Å². The number of benzene rings is 2. The fourth-order valence-electron chi connectivity index (χ4n) is 1.85. The first-order valence-electron chi connectivity index (χ1n) is 5.67. The van der Waals surface area contributed by atoms with Gasteiger partial charge in [0, 0.05) is 16.2 Å². The molecule has 0 spiro atoms. The van der Waals surface area contributed by atoms with Crippen LogP contribution in [-0.2, 0) is 0 Å². The summed E-state index contributed by atoms with van der Waals surface area (Å²) in [5, 5.41) is 3.79. The molecule has 4 N–H and O–H groups in total. The van der Waals surface area contributed by atoms with E-state index in [1.807, 2.05) is 12.1 Å². The summed E-state index contributed by atoms with van der Waals surface area (Å²) in [4.78, 5) is 13.7. The topological polar surface area (TPSA) is 84.0 Å².